The standard InChI is InChI=1S/C42H26OS/c1-2-9-27(10-3-1)28-19-21-29(22-20-28)30-11-6-12-31(25-30)32-23-24-39-38(26-32)35-15-7-14-34(41(35)43-39)37-17-8-16-36-33-13-4-5-18-40(33)44-42(36)37/h1-26H. The second-order valence-electron chi connectivity index (χ2n) is 11.3. The van der Waals surface area contributed by atoms with E-state index in [1.54, 1.807) is 0 Å². The first-order valence-electron chi connectivity index (χ1n) is 14.9. The summed E-state index contributed by atoms with van der Waals surface area (Å²) in [6.45, 7) is 0. The first-order chi connectivity index (χ1) is 21.8. The lowest BCUT2D eigenvalue weighted by atomic mass is 9.96. The Morgan fingerprint density at radius 2 is 0.932 bits per heavy atom. The van der Waals surface area contributed by atoms with Gasteiger partial charge < -0.3 is 4.42 Å². The number of hydrogen-bond acceptors (Lipinski definition) is 2. The lowest BCUT2D eigenvalue weighted by molar-refractivity contribution is 0.670. The predicted molar refractivity (Wildman–Crippen MR) is 188 cm³/mol. The molecule has 0 saturated carbocycles. The van der Waals surface area contributed by atoms with E-state index in [2.05, 4.69) is 158 Å². The van der Waals surface area contributed by atoms with Crippen LogP contribution >= 0.6 is 11.3 Å². The number of para-hydroxylation sites is 1. The normalized spacial score (nSPS) is 11.6. The van der Waals surface area contributed by atoms with E-state index >= 15 is 0 Å². The average Bonchev–Trinajstić information content (AvgIpc) is 3.67. The van der Waals surface area contributed by atoms with Crippen LogP contribution < -0.4 is 0 Å². The lowest BCUT2D eigenvalue weighted by Crippen LogP contribution is -1.83. The monoisotopic (exact) mass is 578 g/mol. The molecule has 0 amide bonds. The van der Waals surface area contributed by atoms with Crippen LogP contribution in [-0.2, 0) is 0 Å². The van der Waals surface area contributed by atoms with E-state index in [1.807, 2.05) is 11.3 Å². The van der Waals surface area contributed by atoms with Crippen molar-refractivity contribution >= 4 is 53.4 Å². The van der Waals surface area contributed by atoms with Gasteiger partial charge in [0.25, 0.3) is 0 Å². The molecule has 9 aromatic rings. The van der Waals surface area contributed by atoms with Gasteiger partial charge in [-0.1, -0.05) is 133 Å². The van der Waals surface area contributed by atoms with Crippen LogP contribution in [0.2, 0.25) is 0 Å². The second kappa shape index (κ2) is 10.1. The molecular formula is C42H26OS. The summed E-state index contributed by atoms with van der Waals surface area (Å²) in [6, 6.07) is 56.6. The highest BCUT2D eigenvalue weighted by molar-refractivity contribution is 7.26. The van der Waals surface area contributed by atoms with Crippen molar-refractivity contribution in [3.63, 3.8) is 0 Å². The number of rotatable bonds is 4. The van der Waals surface area contributed by atoms with Gasteiger partial charge in [-0.3, -0.25) is 0 Å². The third kappa shape index (κ3) is 4.07. The zero-order valence-electron chi connectivity index (χ0n) is 23.8. The fraction of sp³-hybridized carbons (Fsp3) is 0. The van der Waals surface area contributed by atoms with Gasteiger partial charge in [0, 0.05) is 42.1 Å². The van der Waals surface area contributed by atoms with E-state index < -0.39 is 0 Å². The lowest BCUT2D eigenvalue weighted by Gasteiger charge is -2.08. The fourth-order valence-electron chi connectivity index (χ4n) is 6.51. The molecule has 7 aromatic carbocycles. The van der Waals surface area contributed by atoms with Crippen molar-refractivity contribution in [2.45, 2.75) is 0 Å². The molecule has 0 aliphatic heterocycles. The Labute approximate surface area is 259 Å². The summed E-state index contributed by atoms with van der Waals surface area (Å²) in [7, 11) is 0. The Hall–Kier alpha value is -5.44. The molecule has 0 aliphatic carbocycles. The first kappa shape index (κ1) is 25.1. The molecule has 9 rings (SSSR count). The Bertz CT molecular complexity index is 2480. The summed E-state index contributed by atoms with van der Waals surface area (Å²) in [4.78, 5) is 0. The Kier molecular flexibility index (Phi) is 5.75. The topological polar surface area (TPSA) is 13.1 Å². The van der Waals surface area contributed by atoms with Crippen LogP contribution in [0.1, 0.15) is 0 Å². The van der Waals surface area contributed by atoms with Crippen molar-refractivity contribution in [1.82, 2.24) is 0 Å². The van der Waals surface area contributed by atoms with E-state index in [0.717, 1.165) is 27.5 Å². The smallest absolute Gasteiger partial charge is 0.143 e. The Balaban J connectivity index is 1.12. The van der Waals surface area contributed by atoms with Gasteiger partial charge >= 0.3 is 0 Å². The minimum Gasteiger partial charge on any atom is -0.455 e. The van der Waals surface area contributed by atoms with Gasteiger partial charge in [0.15, 0.2) is 0 Å². The van der Waals surface area contributed by atoms with E-state index in [-0.39, 0.29) is 0 Å². The maximum absolute atomic E-state index is 6.60. The molecule has 1 nitrogen and oxygen atoms in total. The van der Waals surface area contributed by atoms with Crippen molar-refractivity contribution < 1.29 is 4.42 Å². The van der Waals surface area contributed by atoms with Gasteiger partial charge in [-0.05, 0) is 57.6 Å². The van der Waals surface area contributed by atoms with Crippen molar-refractivity contribution in [2.75, 3.05) is 0 Å². The second-order valence-corrected chi connectivity index (χ2v) is 12.4. The zero-order chi connectivity index (χ0) is 29.0. The molecule has 2 aromatic heterocycles. The number of benzene rings is 7. The third-order valence-corrected chi connectivity index (χ3v) is 9.93. The number of furan rings is 1. The molecule has 0 bridgehead atoms. The van der Waals surface area contributed by atoms with Crippen LogP contribution in [0.4, 0.5) is 0 Å². The van der Waals surface area contributed by atoms with E-state index in [0.29, 0.717) is 0 Å². The highest BCUT2D eigenvalue weighted by Gasteiger charge is 2.17. The molecule has 0 radical (unpaired) electrons. The molecule has 0 aliphatic rings. The molecule has 2 heterocycles. The average molecular weight is 579 g/mol. The molecule has 0 spiro atoms. The van der Waals surface area contributed by atoms with Crippen molar-refractivity contribution in [2.24, 2.45) is 0 Å². The third-order valence-electron chi connectivity index (χ3n) is 8.71. The summed E-state index contributed by atoms with van der Waals surface area (Å²) in [5.41, 5.74) is 11.5. The summed E-state index contributed by atoms with van der Waals surface area (Å²) in [5, 5.41) is 4.89. The van der Waals surface area contributed by atoms with Crippen molar-refractivity contribution in [1.29, 1.82) is 0 Å². The van der Waals surface area contributed by atoms with Crippen molar-refractivity contribution in [3.05, 3.63) is 158 Å². The zero-order valence-corrected chi connectivity index (χ0v) is 24.6. The first-order valence-corrected chi connectivity index (χ1v) is 15.7. The molecule has 2 heteroatoms. The molecule has 206 valence electrons. The van der Waals surface area contributed by atoms with Gasteiger partial charge in [-0.25, -0.2) is 0 Å². The summed E-state index contributed by atoms with van der Waals surface area (Å²) in [6.07, 6.45) is 0. The highest BCUT2D eigenvalue weighted by atomic mass is 32.1. The SMILES string of the molecule is c1ccc(-c2ccc(-c3cccc(-c4ccc5oc6c(-c7cccc8c7sc7ccccc78)cccc6c5c4)c3)cc2)cc1. The summed E-state index contributed by atoms with van der Waals surface area (Å²) in [5.74, 6) is 0. The van der Waals surface area contributed by atoms with Crippen LogP contribution in [0.3, 0.4) is 0 Å². The van der Waals surface area contributed by atoms with Crippen LogP contribution in [0, 0.1) is 0 Å². The van der Waals surface area contributed by atoms with Gasteiger partial charge in [-0.2, -0.15) is 0 Å². The van der Waals surface area contributed by atoms with Gasteiger partial charge in [0.2, 0.25) is 0 Å². The van der Waals surface area contributed by atoms with E-state index in [9.17, 15) is 0 Å². The van der Waals surface area contributed by atoms with Gasteiger partial charge in [-0.15, -0.1) is 11.3 Å². The molecular weight excluding hydrogens is 553 g/mol. The van der Waals surface area contributed by atoms with E-state index in [1.165, 1.54) is 59.1 Å². The molecule has 0 unspecified atom stereocenters. The number of fused-ring (bicyclic) bond motifs is 6. The van der Waals surface area contributed by atoms with Gasteiger partial charge in [0.05, 0.1) is 0 Å². The van der Waals surface area contributed by atoms with Crippen molar-refractivity contribution in [3.8, 4) is 44.5 Å². The summed E-state index contributed by atoms with van der Waals surface area (Å²) < 4.78 is 9.21. The van der Waals surface area contributed by atoms with Crippen LogP contribution in [0.5, 0.6) is 0 Å². The molecule has 44 heavy (non-hydrogen) atoms. The molecule has 0 saturated heterocycles. The minimum absolute atomic E-state index is 0.910. The van der Waals surface area contributed by atoms with Crippen LogP contribution in [0.15, 0.2) is 162 Å². The van der Waals surface area contributed by atoms with Crippen LogP contribution in [-0.4, -0.2) is 0 Å². The molecule has 0 fully saturated rings. The largest absolute Gasteiger partial charge is 0.455 e. The van der Waals surface area contributed by atoms with Gasteiger partial charge in [0.1, 0.15) is 11.2 Å². The quantitative estimate of drug-likeness (QED) is 0.202. The molecule has 0 N–H and O–H groups in total. The minimum atomic E-state index is 0.910. The summed E-state index contributed by atoms with van der Waals surface area (Å²) >= 11 is 1.86. The number of thiophene rings is 1. The predicted octanol–water partition coefficient (Wildman–Crippen LogP) is 12.6. The number of hydrogen-bond donors (Lipinski definition) is 0. The fourth-order valence-corrected chi connectivity index (χ4v) is 7.74. The highest BCUT2D eigenvalue weighted by Crippen LogP contribution is 2.44. The van der Waals surface area contributed by atoms with Crippen LogP contribution in [0.25, 0.3) is 86.6 Å². The van der Waals surface area contributed by atoms with E-state index in [4.69, 9.17) is 4.42 Å². The molecule has 0 atom stereocenters. The maximum Gasteiger partial charge on any atom is 0.143 e. The Morgan fingerprint density at radius 3 is 1.77 bits per heavy atom. The maximum atomic E-state index is 6.60. The Morgan fingerprint density at radius 1 is 0.364 bits per heavy atom.